The van der Waals surface area contributed by atoms with Gasteiger partial charge >= 0.3 is 5.97 Å². The minimum Gasteiger partial charge on any atom is -0.488 e. The van der Waals surface area contributed by atoms with E-state index in [0.29, 0.717) is 44.3 Å². The fraction of sp³-hybridized carbons (Fsp3) is 0.161. The number of aromatic nitrogens is 1. The van der Waals surface area contributed by atoms with Gasteiger partial charge in [0, 0.05) is 22.2 Å². The van der Waals surface area contributed by atoms with Gasteiger partial charge in [-0.3, -0.25) is 14.5 Å². The maximum atomic E-state index is 12.9. The predicted octanol–water partition coefficient (Wildman–Crippen LogP) is 7.31. The van der Waals surface area contributed by atoms with Crippen LogP contribution in [-0.4, -0.2) is 37.7 Å². The van der Waals surface area contributed by atoms with Crippen LogP contribution in [0.5, 0.6) is 11.5 Å². The molecule has 214 valence electrons. The van der Waals surface area contributed by atoms with Crippen LogP contribution in [0, 0.1) is 6.92 Å². The number of thiocarbonyl (C=S) groups is 1. The van der Waals surface area contributed by atoms with E-state index in [-0.39, 0.29) is 10.9 Å². The van der Waals surface area contributed by atoms with Crippen LogP contribution in [0.4, 0.5) is 0 Å². The van der Waals surface area contributed by atoms with E-state index in [1.807, 2.05) is 56.3 Å². The number of ether oxygens (including phenoxy) is 2. The summed E-state index contributed by atoms with van der Waals surface area (Å²) in [7, 11) is 0. The summed E-state index contributed by atoms with van der Waals surface area (Å²) < 4.78 is 18.5. The van der Waals surface area contributed by atoms with Crippen molar-refractivity contribution in [3.05, 3.63) is 105 Å². The summed E-state index contributed by atoms with van der Waals surface area (Å²) in [4.78, 5) is 30.1. The zero-order valence-corrected chi connectivity index (χ0v) is 25.0. The molecule has 11 heteroatoms. The Morgan fingerprint density at radius 3 is 2.62 bits per heavy atom. The summed E-state index contributed by atoms with van der Waals surface area (Å²) in [5.41, 5.74) is 3.03. The second-order valence-corrected chi connectivity index (χ2v) is 11.5. The Morgan fingerprint density at radius 2 is 1.90 bits per heavy atom. The lowest BCUT2D eigenvalue weighted by Crippen LogP contribution is -2.33. The summed E-state index contributed by atoms with van der Waals surface area (Å²) in [6, 6.07) is 22.2. The van der Waals surface area contributed by atoms with Crippen LogP contribution in [0.15, 0.2) is 82.1 Å². The lowest BCUT2D eigenvalue weighted by Gasteiger charge is -2.16. The smallest absolute Gasteiger partial charge is 0.323 e. The van der Waals surface area contributed by atoms with E-state index in [0.717, 1.165) is 27.8 Å². The Hall–Kier alpha value is -4.12. The maximum absolute atomic E-state index is 12.9. The Balaban J connectivity index is 1.41. The van der Waals surface area contributed by atoms with E-state index in [2.05, 4.69) is 4.98 Å². The molecule has 5 rings (SSSR count). The number of carbonyl (C=O) groups excluding carboxylic acids is 1. The molecule has 1 aliphatic rings. The van der Waals surface area contributed by atoms with Crippen LogP contribution in [0.1, 0.15) is 35.6 Å². The summed E-state index contributed by atoms with van der Waals surface area (Å²) in [5.74, 6) is 0.531. The molecular formula is C31H25ClN2O6S2. The molecule has 1 atom stereocenters. The number of carbonyl (C=O) groups is 2. The molecule has 0 radical (unpaired) electrons. The number of thioether (sulfide) groups is 1. The van der Waals surface area contributed by atoms with Crippen LogP contribution < -0.4 is 9.47 Å². The minimum absolute atomic E-state index is 0.184. The molecule has 1 N–H and O–H groups in total. The first kappa shape index (κ1) is 29.4. The molecule has 1 aliphatic heterocycles. The third-order valence-corrected chi connectivity index (χ3v) is 7.93. The van der Waals surface area contributed by atoms with E-state index < -0.39 is 24.5 Å². The molecule has 1 aromatic heterocycles. The number of carboxylic acids is 1. The first-order chi connectivity index (χ1) is 20.2. The van der Waals surface area contributed by atoms with Crippen molar-refractivity contribution >= 4 is 57.9 Å². The van der Waals surface area contributed by atoms with E-state index in [9.17, 15) is 9.59 Å². The van der Waals surface area contributed by atoms with Gasteiger partial charge in [-0.2, -0.15) is 0 Å². The molecule has 0 aliphatic carbocycles. The highest BCUT2D eigenvalue weighted by atomic mass is 35.5. The van der Waals surface area contributed by atoms with Crippen molar-refractivity contribution in [2.45, 2.75) is 26.6 Å². The Morgan fingerprint density at radius 1 is 1.17 bits per heavy atom. The number of benzene rings is 3. The Bertz CT molecular complexity index is 1670. The topological polar surface area (TPSA) is 102 Å². The van der Waals surface area contributed by atoms with Crippen LogP contribution in [0.25, 0.3) is 17.5 Å². The highest BCUT2D eigenvalue weighted by Gasteiger charge is 2.33. The van der Waals surface area contributed by atoms with Gasteiger partial charge < -0.3 is 19.0 Å². The second-order valence-electron chi connectivity index (χ2n) is 9.36. The third kappa shape index (κ3) is 6.84. The number of oxazole rings is 1. The lowest BCUT2D eigenvalue weighted by atomic mass is 10.1. The number of rotatable bonds is 10. The largest absolute Gasteiger partial charge is 0.488 e. The van der Waals surface area contributed by atoms with Crippen LogP contribution >= 0.6 is 35.6 Å². The van der Waals surface area contributed by atoms with Crippen LogP contribution in [0.3, 0.4) is 0 Å². The van der Waals surface area contributed by atoms with Crippen molar-refractivity contribution in [2.75, 3.05) is 6.54 Å². The van der Waals surface area contributed by atoms with Gasteiger partial charge in [0.2, 0.25) is 5.89 Å². The molecule has 0 bridgehead atoms. The molecule has 8 nitrogen and oxygen atoms in total. The van der Waals surface area contributed by atoms with E-state index in [1.165, 1.54) is 0 Å². The van der Waals surface area contributed by atoms with Crippen molar-refractivity contribution in [1.82, 2.24) is 9.88 Å². The summed E-state index contributed by atoms with van der Waals surface area (Å²) in [6.07, 6.45) is 1.20. The average molecular weight is 621 g/mol. The monoisotopic (exact) mass is 620 g/mol. The van der Waals surface area contributed by atoms with Crippen molar-refractivity contribution in [3.8, 4) is 23.0 Å². The molecule has 2 heterocycles. The first-order valence-corrected chi connectivity index (χ1v) is 14.5. The molecule has 4 aromatic rings. The van der Waals surface area contributed by atoms with E-state index >= 15 is 0 Å². The molecule has 1 amide bonds. The molecule has 0 spiro atoms. The molecule has 3 aromatic carbocycles. The molecule has 0 saturated carbocycles. The van der Waals surface area contributed by atoms with E-state index in [4.69, 9.17) is 42.8 Å². The number of hydrogen-bond acceptors (Lipinski definition) is 8. The second kappa shape index (κ2) is 12.8. The van der Waals surface area contributed by atoms with Gasteiger partial charge in [0.1, 0.15) is 46.5 Å². The highest BCUT2D eigenvalue weighted by Crippen LogP contribution is 2.36. The Kier molecular flexibility index (Phi) is 8.96. The number of nitrogens with zero attached hydrogens (tertiary/aromatic N) is 2. The van der Waals surface area contributed by atoms with Gasteiger partial charge in [-0.05, 0) is 61.9 Å². The molecular weight excluding hydrogens is 596 g/mol. The van der Waals surface area contributed by atoms with Gasteiger partial charge in [0.25, 0.3) is 5.91 Å². The van der Waals surface area contributed by atoms with Crippen molar-refractivity contribution in [1.29, 1.82) is 0 Å². The average Bonchev–Trinajstić information content (AvgIpc) is 3.49. The Labute approximate surface area is 256 Å². The van der Waals surface area contributed by atoms with E-state index in [1.54, 1.807) is 36.4 Å². The molecule has 1 saturated heterocycles. The zero-order valence-electron chi connectivity index (χ0n) is 22.6. The lowest BCUT2D eigenvalue weighted by molar-refractivity contribution is -0.140. The molecule has 1 fully saturated rings. The standard InChI is InChI=1S/C31H25ClN2O6S2/c1-18(28-19(2)40-29(33-28)21-6-4-3-5-7-21)39-24-13-10-22(14-26-30(37)34(16-27(35)36)31(41)42-26)25(15-24)38-17-20-8-11-23(32)12-9-20/h3-15,18H,16-17H2,1-2H3,(H,35,36)/b26-14+. The molecule has 42 heavy (non-hydrogen) atoms. The van der Waals surface area contributed by atoms with Crippen molar-refractivity contribution < 1.29 is 28.6 Å². The number of halogens is 1. The minimum atomic E-state index is -1.15. The van der Waals surface area contributed by atoms with Gasteiger partial charge in [-0.1, -0.05) is 65.9 Å². The molecule has 1 unspecified atom stereocenters. The number of carboxylic acid groups (broad SMARTS) is 1. The van der Waals surface area contributed by atoms with Gasteiger partial charge in [-0.25, -0.2) is 4.98 Å². The van der Waals surface area contributed by atoms with Gasteiger partial charge in [0.05, 0.1) is 4.91 Å². The number of aryl methyl sites for hydroxylation is 1. The third-order valence-electron chi connectivity index (χ3n) is 6.30. The normalized spacial score (nSPS) is 14.8. The van der Waals surface area contributed by atoms with Gasteiger partial charge in [0.15, 0.2) is 0 Å². The predicted molar refractivity (Wildman–Crippen MR) is 165 cm³/mol. The highest BCUT2D eigenvalue weighted by molar-refractivity contribution is 8.26. The van der Waals surface area contributed by atoms with Crippen LogP contribution in [-0.2, 0) is 16.2 Å². The first-order valence-electron chi connectivity index (χ1n) is 12.9. The van der Waals surface area contributed by atoms with Crippen molar-refractivity contribution in [3.63, 3.8) is 0 Å². The van der Waals surface area contributed by atoms with Crippen LogP contribution in [0.2, 0.25) is 5.02 Å². The fourth-order valence-corrected chi connectivity index (χ4v) is 5.61. The fourth-order valence-electron chi connectivity index (χ4n) is 4.24. The summed E-state index contributed by atoms with van der Waals surface area (Å²) >= 11 is 12.3. The number of aliphatic carboxylic acids is 1. The maximum Gasteiger partial charge on any atom is 0.323 e. The number of amides is 1. The summed E-state index contributed by atoms with van der Waals surface area (Å²) in [6.45, 7) is 3.47. The number of hydrogen-bond donors (Lipinski definition) is 1. The SMILES string of the molecule is Cc1oc(-c2ccccc2)nc1C(C)Oc1ccc(/C=C2/SC(=S)N(CC(=O)O)C2=O)c(OCc2ccc(Cl)cc2)c1. The van der Waals surface area contributed by atoms with Crippen molar-refractivity contribution in [2.24, 2.45) is 0 Å². The zero-order chi connectivity index (χ0) is 29.8. The summed E-state index contributed by atoms with van der Waals surface area (Å²) in [5, 5.41) is 9.77. The quantitative estimate of drug-likeness (QED) is 0.144. The van der Waals surface area contributed by atoms with Gasteiger partial charge in [-0.15, -0.1) is 0 Å².